The fourth-order valence-electron chi connectivity index (χ4n) is 4.34. The van der Waals surface area contributed by atoms with Gasteiger partial charge in [0.05, 0.1) is 11.2 Å². The molecule has 1 saturated heterocycles. The van der Waals surface area contributed by atoms with Gasteiger partial charge in [-0.25, -0.2) is 0 Å². The molecule has 1 aliphatic heterocycles. The van der Waals surface area contributed by atoms with Crippen molar-refractivity contribution in [3.63, 3.8) is 0 Å². The smallest absolute Gasteiger partial charge is 0.399 e. The van der Waals surface area contributed by atoms with Crippen LogP contribution < -0.4 is 5.46 Å². The number of hydrogen-bond acceptors (Lipinski definition) is 2. The first kappa shape index (κ1) is 18.7. The molecule has 1 atom stereocenters. The van der Waals surface area contributed by atoms with Crippen molar-refractivity contribution in [3.05, 3.63) is 83.4 Å². The van der Waals surface area contributed by atoms with E-state index in [1.165, 1.54) is 27.5 Å². The van der Waals surface area contributed by atoms with Gasteiger partial charge in [0.15, 0.2) is 0 Å². The average Bonchev–Trinajstić information content (AvgIpc) is 2.94. The second-order valence-electron chi connectivity index (χ2n) is 9.28. The zero-order valence-electron chi connectivity index (χ0n) is 17.6. The molecule has 5 rings (SSSR count). The number of benzene rings is 3. The predicted octanol–water partition coefficient (Wildman–Crippen LogP) is 5.49. The van der Waals surface area contributed by atoms with Gasteiger partial charge in [-0.3, -0.25) is 0 Å². The lowest BCUT2D eigenvalue weighted by atomic mass is 9.77. The molecule has 3 aromatic carbocycles. The number of hydrogen-bond donors (Lipinski definition) is 0. The molecule has 0 radical (unpaired) electrons. The predicted molar refractivity (Wildman–Crippen MR) is 122 cm³/mol. The summed E-state index contributed by atoms with van der Waals surface area (Å²) in [7, 11) is -0.303. The van der Waals surface area contributed by atoms with E-state index < -0.39 is 0 Å². The van der Waals surface area contributed by atoms with Crippen LogP contribution in [0.1, 0.15) is 50.3 Å². The van der Waals surface area contributed by atoms with Crippen molar-refractivity contribution in [2.75, 3.05) is 0 Å². The Bertz CT molecular complexity index is 1080. The van der Waals surface area contributed by atoms with E-state index >= 15 is 0 Å². The molecule has 0 aromatic heterocycles. The third-order valence-corrected chi connectivity index (χ3v) is 6.89. The monoisotopic (exact) mass is 382 g/mol. The summed E-state index contributed by atoms with van der Waals surface area (Å²) in [6, 6.07) is 21.9. The SMILES string of the molecule is CC1(C)OB(c2ccc(C3C=Cc4c(ccc5ccccc45)C3)cc2)OC1(C)C. The van der Waals surface area contributed by atoms with E-state index in [4.69, 9.17) is 9.31 Å². The fourth-order valence-corrected chi connectivity index (χ4v) is 4.34. The molecule has 2 aliphatic rings. The van der Waals surface area contributed by atoms with Gasteiger partial charge in [0.25, 0.3) is 0 Å². The summed E-state index contributed by atoms with van der Waals surface area (Å²) in [6.07, 6.45) is 5.68. The lowest BCUT2D eigenvalue weighted by Crippen LogP contribution is -2.41. The highest BCUT2D eigenvalue weighted by atomic mass is 16.7. The van der Waals surface area contributed by atoms with Crippen LogP contribution in [0.25, 0.3) is 16.8 Å². The van der Waals surface area contributed by atoms with Gasteiger partial charge in [-0.15, -0.1) is 0 Å². The summed E-state index contributed by atoms with van der Waals surface area (Å²) in [5.74, 6) is 0.399. The summed E-state index contributed by atoms with van der Waals surface area (Å²) in [5.41, 5.74) is 4.59. The Kier molecular flexibility index (Phi) is 4.24. The summed E-state index contributed by atoms with van der Waals surface area (Å²) in [6.45, 7) is 8.37. The van der Waals surface area contributed by atoms with Crippen molar-refractivity contribution in [1.82, 2.24) is 0 Å². The van der Waals surface area contributed by atoms with Crippen LogP contribution in [-0.2, 0) is 15.7 Å². The third kappa shape index (κ3) is 3.13. The molecule has 3 aromatic rings. The van der Waals surface area contributed by atoms with Crippen LogP contribution >= 0.6 is 0 Å². The molecular weight excluding hydrogens is 355 g/mol. The molecule has 0 saturated carbocycles. The van der Waals surface area contributed by atoms with Gasteiger partial charge in [-0.05, 0) is 67.0 Å². The zero-order valence-corrected chi connectivity index (χ0v) is 17.6. The van der Waals surface area contributed by atoms with Gasteiger partial charge in [0.1, 0.15) is 0 Å². The van der Waals surface area contributed by atoms with Crippen LogP contribution in [0.2, 0.25) is 0 Å². The number of rotatable bonds is 2. The Balaban J connectivity index is 1.38. The molecule has 1 unspecified atom stereocenters. The maximum Gasteiger partial charge on any atom is 0.494 e. The van der Waals surface area contributed by atoms with Crippen molar-refractivity contribution in [1.29, 1.82) is 0 Å². The van der Waals surface area contributed by atoms with Crippen LogP contribution in [0.4, 0.5) is 0 Å². The van der Waals surface area contributed by atoms with Crippen molar-refractivity contribution in [2.24, 2.45) is 0 Å². The van der Waals surface area contributed by atoms with Gasteiger partial charge >= 0.3 is 7.12 Å². The maximum atomic E-state index is 6.19. The van der Waals surface area contributed by atoms with Crippen molar-refractivity contribution in [3.8, 4) is 0 Å². The Hall–Kier alpha value is -2.36. The summed E-state index contributed by atoms with van der Waals surface area (Å²) in [5, 5.41) is 2.65. The Morgan fingerprint density at radius 2 is 1.52 bits per heavy atom. The van der Waals surface area contributed by atoms with E-state index in [-0.39, 0.29) is 18.3 Å². The van der Waals surface area contributed by atoms with Crippen LogP contribution in [0.15, 0.2) is 66.7 Å². The minimum atomic E-state index is -0.311. The van der Waals surface area contributed by atoms with Crippen LogP contribution in [-0.4, -0.2) is 18.3 Å². The first-order valence-electron chi connectivity index (χ1n) is 10.5. The van der Waals surface area contributed by atoms with Gasteiger partial charge in [0, 0.05) is 5.92 Å². The quantitative estimate of drug-likeness (QED) is 0.546. The molecule has 1 aliphatic carbocycles. The first-order valence-corrected chi connectivity index (χ1v) is 10.5. The van der Waals surface area contributed by atoms with E-state index in [1.54, 1.807) is 0 Å². The van der Waals surface area contributed by atoms with Crippen molar-refractivity contribution in [2.45, 2.75) is 51.2 Å². The van der Waals surface area contributed by atoms with Crippen LogP contribution in [0.5, 0.6) is 0 Å². The van der Waals surface area contributed by atoms with E-state index in [0.717, 1.165) is 11.9 Å². The zero-order chi connectivity index (χ0) is 20.2. The largest absolute Gasteiger partial charge is 0.494 e. The molecule has 0 bridgehead atoms. The second kappa shape index (κ2) is 6.58. The highest BCUT2D eigenvalue weighted by Crippen LogP contribution is 2.37. The molecule has 0 N–H and O–H groups in total. The normalized spacial score (nSPS) is 22.1. The average molecular weight is 382 g/mol. The fraction of sp³-hybridized carbons (Fsp3) is 0.308. The van der Waals surface area contributed by atoms with Gasteiger partial charge < -0.3 is 9.31 Å². The summed E-state index contributed by atoms with van der Waals surface area (Å²) < 4.78 is 12.4. The lowest BCUT2D eigenvalue weighted by molar-refractivity contribution is 0.00578. The topological polar surface area (TPSA) is 18.5 Å². The van der Waals surface area contributed by atoms with Crippen molar-refractivity contribution >= 4 is 29.4 Å². The number of allylic oxidation sites excluding steroid dienone is 1. The summed E-state index contributed by atoms with van der Waals surface area (Å²) in [4.78, 5) is 0. The molecular formula is C26H27BO2. The summed E-state index contributed by atoms with van der Waals surface area (Å²) >= 11 is 0. The standard InChI is InChI=1S/C26H27BO2/c1-25(2)26(3,4)29-27(28-25)22-14-11-18(12-15-22)20-13-16-24-21(17-20)10-9-19-7-5-6-8-23(19)24/h5-16,20H,17H2,1-4H3. The molecule has 3 heteroatoms. The maximum absolute atomic E-state index is 6.19. The minimum Gasteiger partial charge on any atom is -0.399 e. The molecule has 0 amide bonds. The Morgan fingerprint density at radius 1 is 0.828 bits per heavy atom. The molecule has 29 heavy (non-hydrogen) atoms. The first-order chi connectivity index (χ1) is 13.8. The van der Waals surface area contributed by atoms with Gasteiger partial charge in [-0.2, -0.15) is 0 Å². The molecule has 2 nitrogen and oxygen atoms in total. The lowest BCUT2D eigenvalue weighted by Gasteiger charge is -2.32. The minimum absolute atomic E-state index is 0.303. The van der Waals surface area contributed by atoms with Gasteiger partial charge in [0.2, 0.25) is 0 Å². The number of fused-ring (bicyclic) bond motifs is 3. The van der Waals surface area contributed by atoms with Crippen LogP contribution in [0, 0.1) is 0 Å². The third-order valence-electron chi connectivity index (χ3n) is 6.89. The molecule has 1 heterocycles. The Labute approximate surface area is 173 Å². The highest BCUT2D eigenvalue weighted by molar-refractivity contribution is 6.62. The van der Waals surface area contributed by atoms with E-state index in [1.807, 2.05) is 0 Å². The molecule has 0 spiro atoms. The van der Waals surface area contributed by atoms with Crippen LogP contribution in [0.3, 0.4) is 0 Å². The van der Waals surface area contributed by atoms with E-state index in [9.17, 15) is 0 Å². The molecule has 146 valence electrons. The van der Waals surface area contributed by atoms with E-state index in [2.05, 4.69) is 101 Å². The van der Waals surface area contributed by atoms with Crippen molar-refractivity contribution < 1.29 is 9.31 Å². The second-order valence-corrected chi connectivity index (χ2v) is 9.28. The Morgan fingerprint density at radius 3 is 2.24 bits per heavy atom. The highest BCUT2D eigenvalue weighted by Gasteiger charge is 2.51. The van der Waals surface area contributed by atoms with E-state index in [0.29, 0.717) is 5.92 Å². The molecule has 1 fully saturated rings. The van der Waals surface area contributed by atoms with Gasteiger partial charge in [-0.1, -0.05) is 72.8 Å².